The lowest BCUT2D eigenvalue weighted by molar-refractivity contribution is -0.143. The number of benzene rings is 2. The SMILES string of the molecule is C/C=C\C(=O)N(C=O)CCCCCC(=O)NCc1ccc(NC(=O)[C@H](Cc2ccccc2)NC(=O)C(C)C(OC)C2CCCN2C(=O)CC(OC)C(C(C)CC)N(C)C)cc1.CCC.CN(C)C(=NCC=O)N1CCNCC1. The Morgan fingerprint density at radius 1 is 0.859 bits per heavy atom. The highest BCUT2D eigenvalue weighted by Gasteiger charge is 2.42. The van der Waals surface area contributed by atoms with Crippen LogP contribution >= 0.6 is 0 Å². The summed E-state index contributed by atoms with van der Waals surface area (Å²) in [6.07, 6.45) is 9.80. The lowest BCUT2D eigenvalue weighted by Crippen LogP contribution is -2.54. The van der Waals surface area contributed by atoms with Crippen molar-refractivity contribution >= 4 is 53.9 Å². The van der Waals surface area contributed by atoms with Gasteiger partial charge >= 0.3 is 0 Å². The summed E-state index contributed by atoms with van der Waals surface area (Å²) in [5.41, 5.74) is 2.25. The van der Waals surface area contributed by atoms with Crippen LogP contribution in [-0.4, -0.2) is 191 Å². The van der Waals surface area contributed by atoms with Gasteiger partial charge in [-0.1, -0.05) is 102 Å². The number of nitrogens with zero attached hydrogens (tertiary/aromatic N) is 6. The molecule has 436 valence electrons. The van der Waals surface area contributed by atoms with Gasteiger partial charge in [-0.2, -0.15) is 0 Å². The largest absolute Gasteiger partial charge is 0.379 e. The number of unbranched alkanes of at least 4 members (excludes halogenated alkanes) is 2. The maximum atomic E-state index is 14.0. The Kier molecular flexibility index (Phi) is 33.6. The second-order valence-corrected chi connectivity index (χ2v) is 20.4. The first kappa shape index (κ1) is 68.1. The molecular formula is C59H96N10O9. The number of carbonyl (C=O) groups excluding carboxylic acids is 7. The van der Waals surface area contributed by atoms with E-state index >= 15 is 0 Å². The number of piperazine rings is 1. The van der Waals surface area contributed by atoms with Crippen molar-refractivity contribution in [2.45, 2.75) is 143 Å². The normalized spacial score (nSPS) is 16.7. The van der Waals surface area contributed by atoms with Crippen LogP contribution in [0.25, 0.3) is 0 Å². The Hall–Kier alpha value is -6.02. The van der Waals surface area contributed by atoms with Crippen LogP contribution in [0.1, 0.15) is 110 Å². The molecule has 0 radical (unpaired) electrons. The number of imide groups is 1. The highest BCUT2D eigenvalue weighted by molar-refractivity contribution is 5.98. The van der Waals surface area contributed by atoms with Crippen LogP contribution in [0.3, 0.4) is 0 Å². The maximum absolute atomic E-state index is 14.0. The number of carbonyl (C=O) groups is 7. The second-order valence-electron chi connectivity index (χ2n) is 20.4. The smallest absolute Gasteiger partial charge is 0.252 e. The van der Waals surface area contributed by atoms with Crippen molar-refractivity contribution in [1.82, 2.24) is 40.4 Å². The molecule has 0 saturated carbocycles. The molecule has 0 spiro atoms. The van der Waals surface area contributed by atoms with Gasteiger partial charge in [0.05, 0.1) is 37.1 Å². The molecule has 0 aliphatic carbocycles. The molecular weight excluding hydrogens is 993 g/mol. The van der Waals surface area contributed by atoms with Gasteiger partial charge in [0.25, 0.3) is 5.91 Å². The van der Waals surface area contributed by atoms with E-state index in [0.29, 0.717) is 69.8 Å². The zero-order chi connectivity index (χ0) is 58.0. The van der Waals surface area contributed by atoms with Gasteiger partial charge in [0.1, 0.15) is 12.3 Å². The topological polar surface area (TPSA) is 215 Å². The molecule has 4 rings (SSSR count). The average Bonchev–Trinajstić information content (AvgIpc) is 3.92. The molecule has 6 amide bonds. The van der Waals surface area contributed by atoms with E-state index in [9.17, 15) is 33.6 Å². The van der Waals surface area contributed by atoms with Gasteiger partial charge in [-0.3, -0.25) is 33.7 Å². The first-order chi connectivity index (χ1) is 37.4. The Bertz CT molecular complexity index is 2140. The molecule has 78 heavy (non-hydrogen) atoms. The average molecular weight is 1090 g/mol. The Labute approximate surface area is 466 Å². The number of aldehydes is 1. The van der Waals surface area contributed by atoms with Gasteiger partial charge in [0.2, 0.25) is 30.0 Å². The van der Waals surface area contributed by atoms with Gasteiger partial charge in [0.15, 0.2) is 5.96 Å². The molecule has 19 heteroatoms. The van der Waals surface area contributed by atoms with E-state index in [1.165, 1.54) is 12.5 Å². The number of likely N-dealkylation sites (N-methyl/N-ethyl adjacent to an activating group) is 1. The zero-order valence-corrected chi connectivity index (χ0v) is 49.1. The van der Waals surface area contributed by atoms with E-state index in [0.717, 1.165) is 67.3 Å². The fourth-order valence-corrected chi connectivity index (χ4v) is 9.66. The van der Waals surface area contributed by atoms with Crippen molar-refractivity contribution in [2.75, 3.05) is 93.5 Å². The molecule has 19 nitrogen and oxygen atoms in total. The molecule has 2 aromatic carbocycles. The number of anilines is 1. The van der Waals surface area contributed by atoms with Crippen LogP contribution in [0, 0.1) is 11.8 Å². The summed E-state index contributed by atoms with van der Waals surface area (Å²) in [4.78, 5) is 101. The molecule has 2 fully saturated rings. The molecule has 2 aliphatic rings. The number of likely N-dealkylation sites (tertiary alicyclic amines) is 1. The molecule has 2 aromatic rings. The van der Waals surface area contributed by atoms with E-state index in [2.05, 4.69) is 63.8 Å². The summed E-state index contributed by atoms with van der Waals surface area (Å²) < 4.78 is 11.9. The number of allylic oxidation sites excluding steroid dienone is 1. The highest BCUT2D eigenvalue weighted by Crippen LogP contribution is 2.29. The zero-order valence-electron chi connectivity index (χ0n) is 49.1. The van der Waals surface area contributed by atoms with Crippen LogP contribution in [0.2, 0.25) is 0 Å². The van der Waals surface area contributed by atoms with Crippen molar-refractivity contribution in [3.63, 3.8) is 0 Å². The number of hydrogen-bond donors (Lipinski definition) is 4. The monoisotopic (exact) mass is 1090 g/mol. The minimum absolute atomic E-state index is 0.0272. The van der Waals surface area contributed by atoms with E-state index in [4.69, 9.17) is 9.47 Å². The fraction of sp³-hybridized carbons (Fsp3) is 0.627. The van der Waals surface area contributed by atoms with Crippen molar-refractivity contribution in [3.05, 3.63) is 77.9 Å². The van der Waals surface area contributed by atoms with Gasteiger partial charge in [-0.05, 0) is 82.0 Å². The first-order valence-corrected chi connectivity index (χ1v) is 28.0. The van der Waals surface area contributed by atoms with Crippen LogP contribution < -0.4 is 21.3 Å². The first-order valence-electron chi connectivity index (χ1n) is 28.0. The van der Waals surface area contributed by atoms with Crippen molar-refractivity contribution in [3.8, 4) is 0 Å². The lowest BCUT2D eigenvalue weighted by atomic mass is 9.90. The summed E-state index contributed by atoms with van der Waals surface area (Å²) >= 11 is 0. The third kappa shape index (κ3) is 23.9. The van der Waals surface area contributed by atoms with E-state index in [1.54, 1.807) is 46.3 Å². The Morgan fingerprint density at radius 2 is 1.53 bits per heavy atom. The summed E-state index contributed by atoms with van der Waals surface area (Å²) in [6, 6.07) is 15.5. The number of ether oxygens (including phenoxy) is 2. The molecule has 2 saturated heterocycles. The molecule has 6 unspecified atom stereocenters. The number of guanidine groups is 1. The predicted octanol–water partition coefficient (Wildman–Crippen LogP) is 5.54. The maximum Gasteiger partial charge on any atom is 0.252 e. The van der Waals surface area contributed by atoms with Crippen molar-refractivity contribution in [1.29, 1.82) is 0 Å². The van der Waals surface area contributed by atoms with E-state index in [-0.39, 0.29) is 67.1 Å². The molecule has 7 atom stereocenters. The van der Waals surface area contributed by atoms with Gasteiger partial charge in [-0.25, -0.2) is 4.99 Å². The summed E-state index contributed by atoms with van der Waals surface area (Å²) in [6.45, 7) is 17.3. The number of rotatable bonds is 28. The van der Waals surface area contributed by atoms with Gasteiger partial charge in [-0.15, -0.1) is 0 Å². The quantitative estimate of drug-likeness (QED) is 0.0271. The molecule has 2 heterocycles. The van der Waals surface area contributed by atoms with Crippen LogP contribution in [0.15, 0.2) is 71.7 Å². The number of hydrogen-bond acceptors (Lipinski definition) is 12. The molecule has 0 aromatic heterocycles. The number of amides is 6. The van der Waals surface area contributed by atoms with E-state index < -0.39 is 18.1 Å². The fourth-order valence-electron chi connectivity index (χ4n) is 9.66. The third-order valence-electron chi connectivity index (χ3n) is 13.8. The van der Waals surface area contributed by atoms with Crippen molar-refractivity contribution < 1.29 is 43.0 Å². The van der Waals surface area contributed by atoms with Crippen LogP contribution in [0.4, 0.5) is 5.69 Å². The summed E-state index contributed by atoms with van der Waals surface area (Å²) in [5, 5.41) is 12.1. The Morgan fingerprint density at radius 3 is 2.09 bits per heavy atom. The van der Waals surface area contributed by atoms with Gasteiger partial charge in [0, 0.05) is 98.7 Å². The van der Waals surface area contributed by atoms with E-state index in [1.807, 2.05) is 80.5 Å². The summed E-state index contributed by atoms with van der Waals surface area (Å²) in [5.74, 6) is -0.685. The molecule has 2 aliphatic heterocycles. The number of methoxy groups -OCH3 is 2. The van der Waals surface area contributed by atoms with Crippen LogP contribution in [-0.2, 0) is 56.0 Å². The summed E-state index contributed by atoms with van der Waals surface area (Å²) in [7, 11) is 11.1. The standard InChI is InChI=1S/C47H70N6O8.C9H18N4O.C3H8/c1-9-18-42(56)52(32-54)27-16-12-15-22-41(55)48-31-36-23-25-37(26-24-36)49-47(59)38(29-35-19-13-11-14-20-35)50-46(58)34(4)45(61-8)39-21-17-28-53(39)43(57)30-40(60-7)44(51(5)6)33(3)10-2;1-12(2)9(11-5-8-14)13-6-3-10-4-7-13;1-3-2/h9,11,13-14,18-20,23-26,32-34,38-40,44-45H,10,12,15-17,21-22,27-31H2,1-8H3,(H,48,55)(H,49,59)(H,50,58);8,10H,3-7H2,1-2H3;3H2,1-2H3/b18-9-;;/t33?,34?,38-,39?,40?,44?,45?;;/m0../s1. The lowest BCUT2D eigenvalue weighted by Gasteiger charge is -2.38. The number of nitrogens with one attached hydrogen (secondary N) is 4. The minimum atomic E-state index is -0.906. The number of aliphatic imine (C=N–C) groups is 1. The minimum Gasteiger partial charge on any atom is -0.379 e. The molecule has 0 bridgehead atoms. The second kappa shape index (κ2) is 38.5. The van der Waals surface area contributed by atoms with Gasteiger partial charge < -0.3 is 55.1 Å². The van der Waals surface area contributed by atoms with Crippen molar-refractivity contribution in [2.24, 2.45) is 16.8 Å². The highest BCUT2D eigenvalue weighted by atomic mass is 16.5. The predicted molar refractivity (Wildman–Crippen MR) is 310 cm³/mol. The third-order valence-corrected chi connectivity index (χ3v) is 13.8. The van der Waals surface area contributed by atoms with Crippen LogP contribution in [0.5, 0.6) is 0 Å². The molecule has 4 N–H and O–H groups in total. The Balaban J connectivity index is 0.00000104.